The molecule has 0 aliphatic heterocycles. The number of carbonyl (C=O) groups is 1. The van der Waals surface area contributed by atoms with Crippen LogP contribution in [-0.2, 0) is 5.41 Å². The van der Waals surface area contributed by atoms with Crippen LogP contribution >= 0.6 is 0 Å². The summed E-state index contributed by atoms with van der Waals surface area (Å²) < 4.78 is 27.9. The van der Waals surface area contributed by atoms with Crippen LogP contribution in [0.25, 0.3) is 0 Å². The van der Waals surface area contributed by atoms with E-state index in [1.807, 2.05) is 6.92 Å². The number of ether oxygens (including phenoxy) is 4. The van der Waals surface area contributed by atoms with Crippen LogP contribution in [0.15, 0.2) is 46.9 Å². The number of aryl methyl sites for hydroxylation is 1. The third kappa shape index (κ3) is 6.43. The van der Waals surface area contributed by atoms with E-state index in [9.17, 15) is 4.79 Å². The van der Waals surface area contributed by atoms with Crippen LogP contribution < -0.4 is 24.3 Å². The van der Waals surface area contributed by atoms with Gasteiger partial charge in [-0.1, -0.05) is 45.6 Å². The smallest absolute Gasteiger partial charge is 0.291 e. The summed E-state index contributed by atoms with van der Waals surface area (Å²) in [5.74, 6) is 1.91. The molecule has 1 amide bonds. The molecule has 1 N–H and O–H groups in total. The molecule has 0 unspecified atom stereocenters. The lowest BCUT2D eigenvalue weighted by molar-refractivity contribution is 0.0991. The molecule has 0 bridgehead atoms. The molecule has 0 fully saturated rings. The average Bonchev–Trinajstić information content (AvgIpc) is 3.27. The predicted octanol–water partition coefficient (Wildman–Crippen LogP) is 7.27. The van der Waals surface area contributed by atoms with Crippen LogP contribution in [0.2, 0.25) is 25.7 Å². The van der Waals surface area contributed by atoms with Gasteiger partial charge in [-0.25, -0.2) is 0 Å². The SMILES string of the molecule is COc1cc(OC)c(NC(=O)c2ccc(Oc3cc(C(C)(C)C[Si](C)(C)C)ccc3C)o2)c(OC)c1. The Bertz CT molecular complexity index is 1200. The van der Waals surface area contributed by atoms with E-state index in [0.29, 0.717) is 28.7 Å². The molecule has 7 nitrogen and oxygen atoms in total. The van der Waals surface area contributed by atoms with Gasteiger partial charge in [-0.15, -0.1) is 0 Å². The second-order valence-electron chi connectivity index (χ2n) is 10.7. The van der Waals surface area contributed by atoms with Gasteiger partial charge in [0.25, 0.3) is 11.9 Å². The summed E-state index contributed by atoms with van der Waals surface area (Å²) in [4.78, 5) is 13.0. The first-order chi connectivity index (χ1) is 16.9. The predicted molar refractivity (Wildman–Crippen MR) is 145 cm³/mol. The molecule has 194 valence electrons. The molecule has 0 aliphatic rings. The lowest BCUT2D eigenvalue weighted by atomic mass is 9.86. The lowest BCUT2D eigenvalue weighted by Crippen LogP contribution is -2.31. The zero-order valence-electron chi connectivity index (χ0n) is 22.7. The normalized spacial score (nSPS) is 11.7. The first kappa shape index (κ1) is 27.2. The largest absolute Gasteiger partial charge is 0.496 e. The third-order valence-electron chi connectivity index (χ3n) is 5.91. The quantitative estimate of drug-likeness (QED) is 0.288. The van der Waals surface area contributed by atoms with Crippen molar-refractivity contribution in [3.05, 3.63) is 59.4 Å². The second kappa shape index (κ2) is 10.7. The van der Waals surface area contributed by atoms with Crippen LogP contribution in [-0.4, -0.2) is 35.3 Å². The monoisotopic (exact) mass is 511 g/mol. The van der Waals surface area contributed by atoms with E-state index in [-0.39, 0.29) is 17.1 Å². The van der Waals surface area contributed by atoms with Crippen molar-refractivity contribution in [2.45, 2.75) is 51.9 Å². The van der Waals surface area contributed by atoms with Crippen molar-refractivity contribution in [2.75, 3.05) is 26.6 Å². The van der Waals surface area contributed by atoms with E-state index in [1.165, 1.54) is 19.8 Å². The first-order valence-electron chi connectivity index (χ1n) is 11.9. The van der Waals surface area contributed by atoms with E-state index in [0.717, 1.165) is 11.6 Å². The first-order valence-corrected chi connectivity index (χ1v) is 15.6. The van der Waals surface area contributed by atoms with Crippen molar-refractivity contribution in [1.82, 2.24) is 0 Å². The highest BCUT2D eigenvalue weighted by Gasteiger charge is 2.29. The zero-order valence-corrected chi connectivity index (χ0v) is 23.7. The van der Waals surface area contributed by atoms with Gasteiger partial charge in [0.1, 0.15) is 28.7 Å². The van der Waals surface area contributed by atoms with Gasteiger partial charge in [0.2, 0.25) is 0 Å². The molecule has 2 aromatic carbocycles. The minimum absolute atomic E-state index is 0.0287. The standard InChI is InChI=1S/C28H37NO6Si/c1-18-10-11-19(28(2,3)17-36(7,8)9)14-22(18)35-25-13-12-21(34-25)27(30)29-26-23(32-5)15-20(31-4)16-24(26)33-6/h10-16H,17H2,1-9H3,(H,29,30). The Morgan fingerprint density at radius 1 is 0.917 bits per heavy atom. The molecule has 36 heavy (non-hydrogen) atoms. The Kier molecular flexibility index (Phi) is 8.08. The van der Waals surface area contributed by atoms with Crippen LogP contribution in [0.1, 0.15) is 35.5 Å². The summed E-state index contributed by atoms with van der Waals surface area (Å²) in [5.41, 5.74) is 2.60. The molecule has 8 heteroatoms. The van der Waals surface area contributed by atoms with Gasteiger partial charge < -0.3 is 28.7 Å². The number of hydrogen-bond donors (Lipinski definition) is 1. The topological polar surface area (TPSA) is 79.2 Å². The Balaban J connectivity index is 1.81. The van der Waals surface area contributed by atoms with E-state index in [4.69, 9.17) is 23.4 Å². The van der Waals surface area contributed by atoms with E-state index in [2.05, 4.69) is 57.0 Å². The number of carbonyl (C=O) groups excluding carboxylic acids is 1. The number of furan rings is 1. The maximum atomic E-state index is 13.0. The Morgan fingerprint density at radius 3 is 2.11 bits per heavy atom. The van der Waals surface area contributed by atoms with E-state index < -0.39 is 14.0 Å². The van der Waals surface area contributed by atoms with Gasteiger partial charge in [0.15, 0.2) is 5.76 Å². The number of rotatable bonds is 10. The molecule has 3 aromatic rings. The highest BCUT2D eigenvalue weighted by atomic mass is 28.3. The minimum Gasteiger partial charge on any atom is -0.496 e. The van der Waals surface area contributed by atoms with Crippen LogP contribution in [0.5, 0.6) is 28.9 Å². The third-order valence-corrected chi connectivity index (χ3v) is 7.86. The number of benzene rings is 2. The Hall–Kier alpha value is -3.39. The van der Waals surface area contributed by atoms with Gasteiger partial charge in [0.05, 0.1) is 21.3 Å². The molecule has 0 saturated carbocycles. The van der Waals surface area contributed by atoms with Gasteiger partial charge in [-0.05, 0) is 41.6 Å². The molecular weight excluding hydrogens is 474 g/mol. The molecule has 3 rings (SSSR count). The van der Waals surface area contributed by atoms with Crippen molar-refractivity contribution >= 4 is 19.7 Å². The summed E-state index contributed by atoms with van der Waals surface area (Å²) in [6.45, 7) is 13.7. The van der Waals surface area contributed by atoms with Gasteiger partial charge in [-0.2, -0.15) is 0 Å². The van der Waals surface area contributed by atoms with E-state index >= 15 is 0 Å². The maximum absolute atomic E-state index is 13.0. The molecule has 0 spiro atoms. The molecule has 0 radical (unpaired) electrons. The maximum Gasteiger partial charge on any atom is 0.291 e. The zero-order chi connectivity index (χ0) is 26.7. The fourth-order valence-electron chi connectivity index (χ4n) is 4.47. The lowest BCUT2D eigenvalue weighted by Gasteiger charge is -2.32. The highest BCUT2D eigenvalue weighted by Crippen LogP contribution is 2.40. The van der Waals surface area contributed by atoms with Gasteiger partial charge in [-0.3, -0.25) is 4.79 Å². The number of anilines is 1. The van der Waals surface area contributed by atoms with Crippen molar-refractivity contribution in [3.63, 3.8) is 0 Å². The fourth-order valence-corrected chi connectivity index (χ4v) is 7.32. The van der Waals surface area contributed by atoms with Crippen LogP contribution in [0, 0.1) is 6.92 Å². The number of methoxy groups -OCH3 is 3. The second-order valence-corrected chi connectivity index (χ2v) is 16.2. The number of nitrogens with one attached hydrogen (secondary N) is 1. The molecular formula is C28H37NO6Si. The molecule has 0 atom stereocenters. The highest BCUT2D eigenvalue weighted by molar-refractivity contribution is 6.76. The molecule has 1 aromatic heterocycles. The molecule has 0 aliphatic carbocycles. The van der Waals surface area contributed by atoms with Crippen molar-refractivity contribution in [1.29, 1.82) is 0 Å². The summed E-state index contributed by atoms with van der Waals surface area (Å²) in [5, 5.41) is 2.80. The molecule has 0 saturated heterocycles. The van der Waals surface area contributed by atoms with Gasteiger partial charge in [0, 0.05) is 26.3 Å². The Morgan fingerprint density at radius 2 is 1.56 bits per heavy atom. The van der Waals surface area contributed by atoms with Crippen molar-refractivity contribution in [3.8, 4) is 28.9 Å². The number of hydrogen-bond acceptors (Lipinski definition) is 6. The average molecular weight is 512 g/mol. The summed E-state index contributed by atoms with van der Waals surface area (Å²) in [6, 6.07) is 14.0. The van der Waals surface area contributed by atoms with Crippen LogP contribution in [0.4, 0.5) is 5.69 Å². The number of amides is 1. The van der Waals surface area contributed by atoms with Gasteiger partial charge >= 0.3 is 0 Å². The summed E-state index contributed by atoms with van der Waals surface area (Å²) in [7, 11) is 3.28. The molecule has 1 heterocycles. The minimum atomic E-state index is -1.27. The summed E-state index contributed by atoms with van der Waals surface area (Å²) >= 11 is 0. The van der Waals surface area contributed by atoms with Crippen LogP contribution in [0.3, 0.4) is 0 Å². The fraction of sp³-hybridized carbons (Fsp3) is 0.393. The van der Waals surface area contributed by atoms with Crippen molar-refractivity contribution in [2.24, 2.45) is 0 Å². The Labute approximate surface area is 214 Å². The van der Waals surface area contributed by atoms with E-state index in [1.54, 1.807) is 31.4 Å². The summed E-state index contributed by atoms with van der Waals surface area (Å²) in [6.07, 6.45) is 0. The van der Waals surface area contributed by atoms with Crippen molar-refractivity contribution < 1.29 is 28.2 Å².